The van der Waals surface area contributed by atoms with Gasteiger partial charge in [0, 0.05) is 6.07 Å². The van der Waals surface area contributed by atoms with Gasteiger partial charge in [0.2, 0.25) is 0 Å². The Morgan fingerprint density at radius 2 is 2.28 bits per heavy atom. The normalized spacial score (nSPS) is 11.4. The zero-order valence-corrected chi connectivity index (χ0v) is 10.1. The molecule has 2 rings (SSSR count). The van der Waals surface area contributed by atoms with Gasteiger partial charge in [0.1, 0.15) is 35.3 Å². The molecule has 0 saturated heterocycles. The molecule has 0 aliphatic rings. The number of aliphatic hydroxyl groups is 1. The highest BCUT2D eigenvalue weighted by molar-refractivity contribution is 5.69. The molecule has 0 saturated carbocycles. The van der Waals surface area contributed by atoms with Crippen LogP contribution >= 0.6 is 0 Å². The molecule has 0 bridgehead atoms. The maximum Gasteiger partial charge on any atom is 0.146 e. The number of aromatic nitrogens is 2. The summed E-state index contributed by atoms with van der Waals surface area (Å²) in [7, 11) is 0. The van der Waals surface area contributed by atoms with Crippen molar-refractivity contribution in [3.05, 3.63) is 24.0 Å². The van der Waals surface area contributed by atoms with E-state index in [1.165, 1.54) is 16.8 Å². The number of hydrogen-bond donors (Lipinski definition) is 2. The largest absolute Gasteiger partial charge is 0.505 e. The summed E-state index contributed by atoms with van der Waals surface area (Å²) in [6.45, 7) is 3.32. The van der Waals surface area contributed by atoms with E-state index >= 15 is 0 Å². The molecule has 0 fully saturated rings. The number of fused-ring (bicyclic) bond motifs is 1. The third-order valence-electron chi connectivity index (χ3n) is 2.28. The standard InChI is InChI=1S/C12H13N3O3/c1-12(2,17)7-18-9-3-10(16)11-8(4-13)5-14-15(11)6-9/h3,5-6,16-17H,7H2,1-2H3. The molecular formula is C12H13N3O3. The van der Waals surface area contributed by atoms with Crippen LogP contribution in [0.4, 0.5) is 0 Å². The van der Waals surface area contributed by atoms with E-state index in [1.54, 1.807) is 20.0 Å². The molecule has 2 aromatic rings. The van der Waals surface area contributed by atoms with E-state index in [0.717, 1.165) is 0 Å². The third-order valence-corrected chi connectivity index (χ3v) is 2.28. The molecule has 2 heterocycles. The Morgan fingerprint density at radius 3 is 2.89 bits per heavy atom. The summed E-state index contributed by atoms with van der Waals surface area (Å²) >= 11 is 0. The van der Waals surface area contributed by atoms with Gasteiger partial charge in [-0.15, -0.1) is 0 Å². The second kappa shape index (κ2) is 4.20. The highest BCUT2D eigenvalue weighted by Gasteiger charge is 2.15. The van der Waals surface area contributed by atoms with Gasteiger partial charge in [-0.1, -0.05) is 0 Å². The minimum absolute atomic E-state index is 0.0858. The number of pyridine rings is 1. The van der Waals surface area contributed by atoms with Crippen LogP contribution in [0.1, 0.15) is 19.4 Å². The van der Waals surface area contributed by atoms with Gasteiger partial charge < -0.3 is 14.9 Å². The van der Waals surface area contributed by atoms with E-state index in [2.05, 4.69) is 5.10 Å². The van der Waals surface area contributed by atoms with Crippen molar-refractivity contribution < 1.29 is 14.9 Å². The Labute approximate surface area is 104 Å². The summed E-state index contributed by atoms with van der Waals surface area (Å²) < 4.78 is 6.72. The van der Waals surface area contributed by atoms with E-state index in [1.807, 2.05) is 6.07 Å². The van der Waals surface area contributed by atoms with E-state index in [9.17, 15) is 10.2 Å². The van der Waals surface area contributed by atoms with Crippen LogP contribution in [0.3, 0.4) is 0 Å². The van der Waals surface area contributed by atoms with E-state index in [-0.39, 0.29) is 12.4 Å². The predicted molar refractivity (Wildman–Crippen MR) is 63.4 cm³/mol. The van der Waals surface area contributed by atoms with Crippen molar-refractivity contribution in [2.24, 2.45) is 0 Å². The molecule has 2 aromatic heterocycles. The van der Waals surface area contributed by atoms with E-state index in [0.29, 0.717) is 16.8 Å². The van der Waals surface area contributed by atoms with Crippen LogP contribution in [-0.2, 0) is 0 Å². The van der Waals surface area contributed by atoms with Crippen LogP contribution in [0.2, 0.25) is 0 Å². The Balaban J connectivity index is 2.36. The summed E-state index contributed by atoms with van der Waals surface area (Å²) in [6, 6.07) is 3.33. The predicted octanol–water partition coefficient (Wildman–Crippen LogP) is 1.06. The molecule has 6 heteroatoms. The Morgan fingerprint density at radius 1 is 1.56 bits per heavy atom. The lowest BCUT2D eigenvalue weighted by atomic mass is 10.2. The first-order chi connectivity index (χ1) is 8.40. The van der Waals surface area contributed by atoms with Gasteiger partial charge in [-0.05, 0) is 13.8 Å². The number of rotatable bonds is 3. The minimum Gasteiger partial charge on any atom is -0.505 e. The molecule has 0 radical (unpaired) electrons. The van der Waals surface area contributed by atoms with Crippen molar-refractivity contribution in [1.82, 2.24) is 9.61 Å². The zero-order chi connectivity index (χ0) is 13.3. The van der Waals surface area contributed by atoms with Crippen LogP contribution in [0, 0.1) is 11.3 Å². The lowest BCUT2D eigenvalue weighted by molar-refractivity contribution is 0.0282. The van der Waals surface area contributed by atoms with E-state index in [4.69, 9.17) is 10.00 Å². The highest BCUT2D eigenvalue weighted by atomic mass is 16.5. The van der Waals surface area contributed by atoms with Gasteiger partial charge in [-0.3, -0.25) is 0 Å². The van der Waals surface area contributed by atoms with Crippen LogP contribution < -0.4 is 4.74 Å². The third kappa shape index (κ3) is 2.36. The fourth-order valence-corrected chi connectivity index (χ4v) is 1.50. The van der Waals surface area contributed by atoms with Gasteiger partial charge in [0.15, 0.2) is 0 Å². The molecule has 6 nitrogen and oxygen atoms in total. The summed E-state index contributed by atoms with van der Waals surface area (Å²) in [5, 5.41) is 32.2. The van der Waals surface area contributed by atoms with Crippen molar-refractivity contribution in [3.63, 3.8) is 0 Å². The van der Waals surface area contributed by atoms with Crippen LogP contribution in [0.5, 0.6) is 11.5 Å². The minimum atomic E-state index is -0.966. The molecular weight excluding hydrogens is 234 g/mol. The Kier molecular flexibility index (Phi) is 2.85. The average molecular weight is 247 g/mol. The SMILES string of the molecule is CC(C)(O)COc1cc(O)c2c(C#N)cnn2c1. The molecule has 0 aromatic carbocycles. The summed E-state index contributed by atoms with van der Waals surface area (Å²) in [4.78, 5) is 0. The van der Waals surface area contributed by atoms with Gasteiger partial charge in [-0.2, -0.15) is 10.4 Å². The smallest absolute Gasteiger partial charge is 0.146 e. The van der Waals surface area contributed by atoms with Crippen molar-refractivity contribution in [3.8, 4) is 17.6 Å². The monoisotopic (exact) mass is 247 g/mol. The van der Waals surface area contributed by atoms with Crippen LogP contribution in [0.15, 0.2) is 18.5 Å². The van der Waals surface area contributed by atoms with Crippen molar-refractivity contribution in [2.75, 3.05) is 6.61 Å². The second-order valence-electron chi connectivity index (χ2n) is 4.63. The van der Waals surface area contributed by atoms with Gasteiger partial charge in [0.25, 0.3) is 0 Å². The lowest BCUT2D eigenvalue weighted by Crippen LogP contribution is -2.27. The summed E-state index contributed by atoms with van der Waals surface area (Å²) in [5.41, 5.74) is -0.332. The maximum atomic E-state index is 9.83. The molecule has 18 heavy (non-hydrogen) atoms. The zero-order valence-electron chi connectivity index (χ0n) is 10.1. The van der Waals surface area contributed by atoms with E-state index < -0.39 is 5.60 Å². The fraction of sp³-hybridized carbons (Fsp3) is 0.333. The number of ether oxygens (including phenoxy) is 1. The van der Waals surface area contributed by atoms with Gasteiger partial charge in [0.05, 0.1) is 18.0 Å². The number of nitriles is 1. The molecule has 0 atom stereocenters. The first kappa shape index (κ1) is 12.2. The first-order valence-electron chi connectivity index (χ1n) is 5.36. The maximum absolute atomic E-state index is 9.83. The Hall–Kier alpha value is -2.26. The number of aromatic hydroxyl groups is 1. The molecule has 0 unspecified atom stereocenters. The molecule has 0 amide bonds. The molecule has 94 valence electrons. The molecule has 0 aliphatic heterocycles. The second-order valence-corrected chi connectivity index (χ2v) is 4.63. The molecule has 2 N–H and O–H groups in total. The number of hydrogen-bond acceptors (Lipinski definition) is 5. The Bertz CT molecular complexity index is 620. The molecule has 0 aliphatic carbocycles. The quantitative estimate of drug-likeness (QED) is 0.846. The van der Waals surface area contributed by atoms with Crippen LogP contribution in [-0.4, -0.2) is 32.0 Å². The summed E-state index contributed by atoms with van der Waals surface area (Å²) in [6.07, 6.45) is 2.91. The van der Waals surface area contributed by atoms with Gasteiger partial charge in [-0.25, -0.2) is 4.52 Å². The van der Waals surface area contributed by atoms with Crippen molar-refractivity contribution >= 4 is 5.52 Å². The van der Waals surface area contributed by atoms with Crippen molar-refractivity contribution in [2.45, 2.75) is 19.4 Å². The van der Waals surface area contributed by atoms with Gasteiger partial charge >= 0.3 is 0 Å². The average Bonchev–Trinajstić information content (AvgIpc) is 2.69. The lowest BCUT2D eigenvalue weighted by Gasteiger charge is -2.17. The highest BCUT2D eigenvalue weighted by Crippen LogP contribution is 2.27. The van der Waals surface area contributed by atoms with Crippen LogP contribution in [0.25, 0.3) is 5.52 Å². The number of nitrogens with zero attached hydrogens (tertiary/aromatic N) is 3. The topological polar surface area (TPSA) is 90.8 Å². The first-order valence-corrected chi connectivity index (χ1v) is 5.36. The fourth-order valence-electron chi connectivity index (χ4n) is 1.50. The molecule has 0 spiro atoms. The van der Waals surface area contributed by atoms with Crippen molar-refractivity contribution in [1.29, 1.82) is 5.26 Å². The summed E-state index contributed by atoms with van der Waals surface area (Å²) in [5.74, 6) is 0.284.